The molecule has 1 aliphatic carbocycles. The van der Waals surface area contributed by atoms with Crippen molar-refractivity contribution >= 4 is 43.9 Å². The van der Waals surface area contributed by atoms with E-state index in [1.807, 2.05) is 0 Å². The van der Waals surface area contributed by atoms with Gasteiger partial charge in [-0.15, -0.1) is 0 Å². The standard InChI is InChI=1S/C74H56O2/c1-4-59(50-21-13-7-14-22-50)61-34-30-53(49-19-11-6-12-20-49)41-70(61)66-39-54(26-25-46(66)2)56-31-35-62-64-37-38-65-63-36-32-57(45-72(63)76-74(65)73(64)75-71(62)44-56)55-29-33-60-47(3)67(51-23-15-8-16-24-51)43-58-28-27-52(40-68(58)69(60)42-55)48-17-9-5-10-18-48/h5-42,44-45,47,59,67H,4,43H2,1-3H3. The second-order valence-electron chi connectivity index (χ2n) is 21.1. The lowest BCUT2D eigenvalue weighted by molar-refractivity contribution is 0.579. The van der Waals surface area contributed by atoms with Crippen LogP contribution in [-0.2, 0) is 6.42 Å². The molecule has 3 atom stereocenters. The van der Waals surface area contributed by atoms with Gasteiger partial charge in [0.15, 0.2) is 11.2 Å². The van der Waals surface area contributed by atoms with Gasteiger partial charge in [0.2, 0.25) is 0 Å². The lowest BCUT2D eigenvalue weighted by atomic mass is 9.80. The molecule has 0 aliphatic heterocycles. The maximum absolute atomic E-state index is 6.90. The van der Waals surface area contributed by atoms with Crippen molar-refractivity contribution < 1.29 is 8.83 Å². The summed E-state index contributed by atoms with van der Waals surface area (Å²) in [5.74, 6) is 0.944. The van der Waals surface area contributed by atoms with Gasteiger partial charge in [-0.25, -0.2) is 0 Å². The Morgan fingerprint density at radius 3 is 1.47 bits per heavy atom. The Morgan fingerprint density at radius 1 is 0.408 bits per heavy atom. The van der Waals surface area contributed by atoms with Crippen molar-refractivity contribution in [2.75, 3.05) is 0 Å². The normalized spacial score (nSPS) is 14.7. The van der Waals surface area contributed by atoms with Crippen molar-refractivity contribution in [2.24, 2.45) is 0 Å². The first-order chi connectivity index (χ1) is 37.4. The molecule has 2 aromatic heterocycles. The summed E-state index contributed by atoms with van der Waals surface area (Å²) in [4.78, 5) is 0. The quantitative estimate of drug-likeness (QED) is 0.144. The Balaban J connectivity index is 0.840. The number of aryl methyl sites for hydroxylation is 1. The molecule has 11 aromatic carbocycles. The van der Waals surface area contributed by atoms with Crippen LogP contribution in [0.25, 0.3) is 111 Å². The molecule has 0 spiro atoms. The Labute approximate surface area is 444 Å². The molecule has 13 aromatic rings. The third-order valence-electron chi connectivity index (χ3n) is 16.7. The van der Waals surface area contributed by atoms with Gasteiger partial charge in [0, 0.05) is 27.5 Å². The number of fused-ring (bicyclic) bond motifs is 10. The van der Waals surface area contributed by atoms with Crippen LogP contribution >= 0.6 is 0 Å². The van der Waals surface area contributed by atoms with Crippen molar-refractivity contribution in [3.05, 3.63) is 276 Å². The minimum Gasteiger partial charge on any atom is -0.452 e. The van der Waals surface area contributed by atoms with Crippen LogP contribution < -0.4 is 0 Å². The number of hydrogen-bond acceptors (Lipinski definition) is 2. The van der Waals surface area contributed by atoms with Gasteiger partial charge < -0.3 is 8.83 Å². The molecule has 364 valence electrons. The molecular weight excluding hydrogens is 921 g/mol. The van der Waals surface area contributed by atoms with Gasteiger partial charge >= 0.3 is 0 Å². The highest BCUT2D eigenvalue weighted by Gasteiger charge is 2.30. The molecular formula is C74H56O2. The monoisotopic (exact) mass is 976 g/mol. The number of furan rings is 2. The maximum atomic E-state index is 6.90. The van der Waals surface area contributed by atoms with Gasteiger partial charge in [0.1, 0.15) is 11.2 Å². The average Bonchev–Trinajstić information content (AvgIpc) is 4.13. The van der Waals surface area contributed by atoms with E-state index < -0.39 is 0 Å². The van der Waals surface area contributed by atoms with Crippen LogP contribution in [0.2, 0.25) is 0 Å². The number of rotatable bonds is 9. The van der Waals surface area contributed by atoms with Gasteiger partial charge in [-0.3, -0.25) is 0 Å². The summed E-state index contributed by atoms with van der Waals surface area (Å²) >= 11 is 0. The zero-order valence-corrected chi connectivity index (χ0v) is 43.1. The molecule has 0 saturated heterocycles. The minimum absolute atomic E-state index is 0.260. The van der Waals surface area contributed by atoms with E-state index in [4.69, 9.17) is 8.83 Å². The van der Waals surface area contributed by atoms with Crippen molar-refractivity contribution in [1.29, 1.82) is 0 Å². The summed E-state index contributed by atoms with van der Waals surface area (Å²) in [6.45, 7) is 6.95. The summed E-state index contributed by atoms with van der Waals surface area (Å²) in [6.07, 6.45) is 1.98. The molecule has 0 fully saturated rings. The second-order valence-corrected chi connectivity index (χ2v) is 21.1. The Bertz CT molecular complexity index is 4310. The Hall–Kier alpha value is -8.98. The highest BCUT2D eigenvalue weighted by atomic mass is 16.4. The van der Waals surface area contributed by atoms with Gasteiger partial charge in [0.05, 0.1) is 0 Å². The Morgan fingerprint density at radius 2 is 0.868 bits per heavy atom. The van der Waals surface area contributed by atoms with Gasteiger partial charge in [-0.05, 0) is 192 Å². The predicted molar refractivity (Wildman–Crippen MR) is 318 cm³/mol. The number of hydrogen-bond donors (Lipinski definition) is 0. The summed E-state index contributed by atoms with van der Waals surface area (Å²) < 4.78 is 13.8. The van der Waals surface area contributed by atoms with E-state index >= 15 is 0 Å². The molecule has 76 heavy (non-hydrogen) atoms. The molecule has 0 saturated carbocycles. The van der Waals surface area contributed by atoms with E-state index in [1.165, 1.54) is 83.5 Å². The first-order valence-electron chi connectivity index (χ1n) is 27.0. The fourth-order valence-corrected chi connectivity index (χ4v) is 12.7. The van der Waals surface area contributed by atoms with E-state index in [9.17, 15) is 0 Å². The number of benzene rings is 11. The van der Waals surface area contributed by atoms with E-state index in [0.29, 0.717) is 11.8 Å². The largest absolute Gasteiger partial charge is 0.452 e. The molecule has 0 amide bonds. The third kappa shape index (κ3) is 7.87. The van der Waals surface area contributed by atoms with Gasteiger partial charge in [-0.2, -0.15) is 0 Å². The SMILES string of the molecule is CCC(c1ccccc1)c1ccc(-c2ccccc2)cc1-c1cc(-c2ccc3c(c2)oc2c3ccc3c4ccc(-c5ccc6c(c5)-c5cc(-c7ccccc7)ccc5CC(c5ccccc5)C6C)cc4oc32)ccc1C. The summed E-state index contributed by atoms with van der Waals surface area (Å²) in [5.41, 5.74) is 25.9. The summed E-state index contributed by atoms with van der Waals surface area (Å²) in [7, 11) is 0. The fourth-order valence-electron chi connectivity index (χ4n) is 12.7. The zero-order valence-electron chi connectivity index (χ0n) is 43.1. The smallest absolute Gasteiger partial charge is 0.178 e. The Kier molecular flexibility index (Phi) is 11.3. The highest BCUT2D eigenvalue weighted by Crippen LogP contribution is 2.48. The highest BCUT2D eigenvalue weighted by molar-refractivity contribution is 6.19. The van der Waals surface area contributed by atoms with E-state index in [1.54, 1.807) is 0 Å². The van der Waals surface area contributed by atoms with Crippen molar-refractivity contribution in [1.82, 2.24) is 0 Å². The minimum atomic E-state index is 0.260. The van der Waals surface area contributed by atoms with E-state index in [-0.39, 0.29) is 5.92 Å². The summed E-state index contributed by atoms with van der Waals surface area (Å²) in [6, 6.07) is 89.5. The first-order valence-corrected chi connectivity index (χ1v) is 27.0. The molecule has 1 aliphatic rings. The zero-order chi connectivity index (χ0) is 50.9. The topological polar surface area (TPSA) is 26.3 Å². The second kappa shape index (κ2) is 18.7. The molecule has 3 unspecified atom stereocenters. The lowest BCUT2D eigenvalue weighted by Gasteiger charge is -2.24. The molecule has 2 heteroatoms. The molecule has 0 N–H and O–H groups in total. The van der Waals surface area contributed by atoms with Crippen LogP contribution in [0.1, 0.15) is 71.4 Å². The third-order valence-corrected chi connectivity index (χ3v) is 16.7. The van der Waals surface area contributed by atoms with Crippen LogP contribution in [-0.4, -0.2) is 0 Å². The van der Waals surface area contributed by atoms with Crippen LogP contribution in [0.5, 0.6) is 0 Å². The van der Waals surface area contributed by atoms with Crippen molar-refractivity contribution in [3.8, 4) is 66.8 Å². The molecule has 0 radical (unpaired) electrons. The first kappa shape index (κ1) is 45.6. The fraction of sp³-hybridized carbons (Fsp3) is 0.108. The maximum Gasteiger partial charge on any atom is 0.178 e. The van der Waals surface area contributed by atoms with E-state index in [2.05, 4.69) is 263 Å². The van der Waals surface area contributed by atoms with Crippen molar-refractivity contribution in [3.63, 3.8) is 0 Å². The van der Waals surface area contributed by atoms with Gasteiger partial charge in [0.25, 0.3) is 0 Å². The van der Waals surface area contributed by atoms with Crippen LogP contribution in [0.15, 0.2) is 251 Å². The predicted octanol–water partition coefficient (Wildman–Crippen LogP) is 20.8. The lowest BCUT2D eigenvalue weighted by Crippen LogP contribution is -2.10. The summed E-state index contributed by atoms with van der Waals surface area (Å²) in [5, 5.41) is 4.25. The van der Waals surface area contributed by atoms with Crippen LogP contribution in [0.4, 0.5) is 0 Å². The van der Waals surface area contributed by atoms with Crippen molar-refractivity contribution in [2.45, 2.75) is 51.4 Å². The molecule has 2 heterocycles. The molecule has 2 nitrogen and oxygen atoms in total. The van der Waals surface area contributed by atoms with Gasteiger partial charge in [-0.1, -0.05) is 196 Å². The average molecular weight is 977 g/mol. The molecule has 14 rings (SSSR count). The van der Waals surface area contributed by atoms with Crippen LogP contribution in [0.3, 0.4) is 0 Å². The molecule has 0 bridgehead atoms. The van der Waals surface area contributed by atoms with E-state index in [0.717, 1.165) is 73.4 Å². The van der Waals surface area contributed by atoms with Crippen LogP contribution in [0, 0.1) is 6.92 Å².